The van der Waals surface area contributed by atoms with E-state index >= 15 is 0 Å². The highest BCUT2D eigenvalue weighted by Crippen LogP contribution is 2.26. The van der Waals surface area contributed by atoms with Crippen LogP contribution in [0.2, 0.25) is 0 Å². The molecule has 0 bridgehead atoms. The average Bonchev–Trinajstić information content (AvgIpc) is 3.49. The standard InChI is InChI=1S/C24H19N5O2/c1-2-29-23-20(15-25-29)19(14-22(27-23)16-6-4-3-5-7-16)24(30)26-18-10-8-17(9-11-18)21-12-13-31-28-21/h3-15H,2H2,1H3,(H,26,30). The molecule has 1 N–H and O–H groups in total. The van der Waals surface area contributed by atoms with Crippen LogP contribution in [0.3, 0.4) is 0 Å². The number of nitrogens with zero attached hydrogens (tertiary/aromatic N) is 4. The van der Waals surface area contributed by atoms with Crippen LogP contribution in [0.15, 0.2) is 83.7 Å². The Kier molecular flexibility index (Phi) is 4.76. The summed E-state index contributed by atoms with van der Waals surface area (Å²) in [6.07, 6.45) is 3.23. The fraction of sp³-hybridized carbons (Fsp3) is 0.0833. The van der Waals surface area contributed by atoms with Crippen LogP contribution < -0.4 is 5.32 Å². The summed E-state index contributed by atoms with van der Waals surface area (Å²) < 4.78 is 6.68. The van der Waals surface area contributed by atoms with Gasteiger partial charge in [0.05, 0.1) is 22.8 Å². The number of hydrogen-bond donors (Lipinski definition) is 1. The predicted octanol–water partition coefficient (Wildman–Crippen LogP) is 5.03. The highest BCUT2D eigenvalue weighted by atomic mass is 16.5. The quantitative estimate of drug-likeness (QED) is 0.440. The van der Waals surface area contributed by atoms with Crippen LogP contribution in [-0.4, -0.2) is 25.8 Å². The summed E-state index contributed by atoms with van der Waals surface area (Å²) in [7, 11) is 0. The number of aromatic nitrogens is 4. The second-order valence-electron chi connectivity index (χ2n) is 7.03. The molecular formula is C24H19N5O2. The van der Waals surface area contributed by atoms with Crippen LogP contribution in [0.5, 0.6) is 0 Å². The van der Waals surface area contributed by atoms with Crippen molar-refractivity contribution in [1.29, 1.82) is 0 Å². The third-order valence-electron chi connectivity index (χ3n) is 5.10. The van der Waals surface area contributed by atoms with Gasteiger partial charge in [-0.3, -0.25) is 4.79 Å². The molecule has 2 aromatic carbocycles. The molecule has 0 spiro atoms. The first kappa shape index (κ1) is 18.7. The van der Waals surface area contributed by atoms with E-state index in [0.29, 0.717) is 23.4 Å². The number of hydrogen-bond acceptors (Lipinski definition) is 5. The van der Waals surface area contributed by atoms with Crippen molar-refractivity contribution in [3.63, 3.8) is 0 Å². The van der Waals surface area contributed by atoms with Crippen molar-refractivity contribution in [1.82, 2.24) is 19.9 Å². The van der Waals surface area contributed by atoms with Crippen LogP contribution in [0.4, 0.5) is 5.69 Å². The normalized spacial score (nSPS) is 11.0. The molecule has 0 aliphatic carbocycles. The highest BCUT2D eigenvalue weighted by molar-refractivity contribution is 6.12. The Bertz CT molecular complexity index is 1340. The number of pyridine rings is 1. The Balaban J connectivity index is 1.51. The molecule has 152 valence electrons. The second-order valence-corrected chi connectivity index (χ2v) is 7.03. The van der Waals surface area contributed by atoms with Gasteiger partial charge >= 0.3 is 0 Å². The second kappa shape index (κ2) is 7.87. The number of nitrogens with one attached hydrogen (secondary N) is 1. The van der Waals surface area contributed by atoms with Gasteiger partial charge in [-0.25, -0.2) is 9.67 Å². The van der Waals surface area contributed by atoms with Crippen molar-refractivity contribution in [3.8, 4) is 22.5 Å². The Morgan fingerprint density at radius 1 is 1.00 bits per heavy atom. The lowest BCUT2D eigenvalue weighted by Gasteiger charge is -2.10. The van der Waals surface area contributed by atoms with Gasteiger partial charge in [-0.2, -0.15) is 5.10 Å². The van der Waals surface area contributed by atoms with Crippen molar-refractivity contribution in [2.24, 2.45) is 0 Å². The summed E-state index contributed by atoms with van der Waals surface area (Å²) in [5.41, 5.74) is 5.24. The van der Waals surface area contributed by atoms with Gasteiger partial charge < -0.3 is 9.84 Å². The van der Waals surface area contributed by atoms with E-state index in [1.54, 1.807) is 16.9 Å². The number of benzene rings is 2. The van der Waals surface area contributed by atoms with E-state index in [1.165, 1.54) is 6.26 Å². The Hall–Kier alpha value is -4.26. The highest BCUT2D eigenvalue weighted by Gasteiger charge is 2.17. The van der Waals surface area contributed by atoms with Crippen molar-refractivity contribution in [2.75, 3.05) is 5.32 Å². The van der Waals surface area contributed by atoms with Gasteiger partial charge in [0.2, 0.25) is 0 Å². The SMILES string of the molecule is CCn1ncc2c(C(=O)Nc3ccc(-c4ccon4)cc3)cc(-c3ccccc3)nc21. The number of amides is 1. The molecule has 0 saturated heterocycles. The smallest absolute Gasteiger partial charge is 0.256 e. The summed E-state index contributed by atoms with van der Waals surface area (Å²) in [5, 5.41) is 12.0. The molecule has 0 radical (unpaired) electrons. The minimum absolute atomic E-state index is 0.213. The first-order valence-electron chi connectivity index (χ1n) is 9.97. The van der Waals surface area contributed by atoms with E-state index < -0.39 is 0 Å². The number of rotatable bonds is 5. The number of carbonyl (C=O) groups excluding carboxylic acids is 1. The van der Waals surface area contributed by atoms with Gasteiger partial charge in [-0.15, -0.1) is 0 Å². The molecule has 5 aromatic rings. The molecular weight excluding hydrogens is 390 g/mol. The molecule has 0 unspecified atom stereocenters. The first-order chi connectivity index (χ1) is 15.2. The van der Waals surface area contributed by atoms with E-state index in [1.807, 2.05) is 67.6 Å². The number of anilines is 1. The third kappa shape index (κ3) is 3.57. The monoisotopic (exact) mass is 409 g/mol. The van der Waals surface area contributed by atoms with E-state index in [9.17, 15) is 4.79 Å². The minimum atomic E-state index is -0.213. The van der Waals surface area contributed by atoms with Crippen LogP contribution >= 0.6 is 0 Å². The summed E-state index contributed by atoms with van der Waals surface area (Å²) >= 11 is 0. The lowest BCUT2D eigenvalue weighted by molar-refractivity contribution is 0.102. The zero-order chi connectivity index (χ0) is 21.2. The van der Waals surface area contributed by atoms with Crippen LogP contribution in [-0.2, 0) is 6.54 Å². The first-order valence-corrected chi connectivity index (χ1v) is 9.97. The van der Waals surface area contributed by atoms with Crippen LogP contribution in [0.1, 0.15) is 17.3 Å². The largest absolute Gasteiger partial charge is 0.364 e. The molecule has 31 heavy (non-hydrogen) atoms. The maximum atomic E-state index is 13.2. The molecule has 7 nitrogen and oxygen atoms in total. The Morgan fingerprint density at radius 2 is 1.77 bits per heavy atom. The molecule has 0 saturated carbocycles. The van der Waals surface area contributed by atoms with Crippen LogP contribution in [0, 0.1) is 0 Å². The van der Waals surface area contributed by atoms with Crippen molar-refractivity contribution in [2.45, 2.75) is 13.5 Å². The van der Waals surface area contributed by atoms with Gasteiger partial charge in [0, 0.05) is 29.4 Å². The van der Waals surface area contributed by atoms with Gasteiger partial charge in [0.25, 0.3) is 5.91 Å². The zero-order valence-electron chi connectivity index (χ0n) is 16.8. The maximum absolute atomic E-state index is 13.2. The molecule has 0 atom stereocenters. The van der Waals surface area contributed by atoms with Crippen molar-refractivity contribution in [3.05, 3.63) is 84.8 Å². The molecule has 3 aromatic heterocycles. The molecule has 0 aliphatic rings. The molecule has 5 rings (SSSR count). The summed E-state index contributed by atoms with van der Waals surface area (Å²) in [4.78, 5) is 18.0. The Labute approximate surface area is 178 Å². The van der Waals surface area contributed by atoms with E-state index in [-0.39, 0.29) is 5.91 Å². The number of aryl methyl sites for hydroxylation is 1. The van der Waals surface area contributed by atoms with Crippen molar-refractivity contribution >= 4 is 22.6 Å². The third-order valence-corrected chi connectivity index (χ3v) is 5.10. The average molecular weight is 409 g/mol. The molecule has 0 fully saturated rings. The zero-order valence-corrected chi connectivity index (χ0v) is 16.8. The summed E-state index contributed by atoms with van der Waals surface area (Å²) in [6, 6.07) is 20.9. The summed E-state index contributed by atoms with van der Waals surface area (Å²) in [5.74, 6) is -0.213. The van der Waals surface area contributed by atoms with E-state index in [4.69, 9.17) is 9.51 Å². The molecule has 1 amide bonds. The number of carbonyl (C=O) groups is 1. The molecule has 7 heteroatoms. The summed E-state index contributed by atoms with van der Waals surface area (Å²) in [6.45, 7) is 2.67. The topological polar surface area (TPSA) is 85.8 Å². The lowest BCUT2D eigenvalue weighted by atomic mass is 10.1. The van der Waals surface area contributed by atoms with Gasteiger partial charge in [-0.1, -0.05) is 47.6 Å². The van der Waals surface area contributed by atoms with Gasteiger partial charge in [0.15, 0.2) is 5.65 Å². The van der Waals surface area contributed by atoms with Gasteiger partial charge in [0.1, 0.15) is 12.0 Å². The minimum Gasteiger partial charge on any atom is -0.364 e. The lowest BCUT2D eigenvalue weighted by Crippen LogP contribution is -2.13. The fourth-order valence-corrected chi connectivity index (χ4v) is 3.51. The van der Waals surface area contributed by atoms with Crippen molar-refractivity contribution < 1.29 is 9.32 Å². The fourth-order valence-electron chi connectivity index (χ4n) is 3.51. The van der Waals surface area contributed by atoms with E-state index in [0.717, 1.165) is 27.9 Å². The predicted molar refractivity (Wildman–Crippen MR) is 119 cm³/mol. The van der Waals surface area contributed by atoms with Crippen LogP contribution in [0.25, 0.3) is 33.5 Å². The number of fused-ring (bicyclic) bond motifs is 1. The molecule has 3 heterocycles. The van der Waals surface area contributed by atoms with Gasteiger partial charge in [-0.05, 0) is 25.1 Å². The van der Waals surface area contributed by atoms with E-state index in [2.05, 4.69) is 15.6 Å². The molecule has 0 aliphatic heterocycles. The Morgan fingerprint density at radius 3 is 2.48 bits per heavy atom. The maximum Gasteiger partial charge on any atom is 0.256 e.